The van der Waals surface area contributed by atoms with Gasteiger partial charge < -0.3 is 24.6 Å². The number of rotatable bonds is 12. The van der Waals surface area contributed by atoms with Crippen LogP contribution in [-0.4, -0.2) is 49.8 Å². The average molecular weight is 469 g/mol. The van der Waals surface area contributed by atoms with Gasteiger partial charge in [0.15, 0.2) is 17.3 Å². The largest absolute Gasteiger partial charge is 0.493 e. The molecule has 0 aromatic heterocycles. The maximum Gasteiger partial charge on any atom is 0.416 e. The Morgan fingerprint density at radius 2 is 1.85 bits per heavy atom. The Hall–Kier alpha value is -3.27. The van der Waals surface area contributed by atoms with Crippen LogP contribution in [0.1, 0.15) is 35.7 Å². The first-order valence-corrected chi connectivity index (χ1v) is 10.2. The molecule has 0 aliphatic rings. The van der Waals surface area contributed by atoms with Crippen LogP contribution in [0.15, 0.2) is 42.5 Å². The molecule has 2 N–H and O–H groups in total. The zero-order chi connectivity index (χ0) is 24.4. The van der Waals surface area contributed by atoms with Crippen LogP contribution in [0.2, 0.25) is 0 Å². The third-order valence-electron chi connectivity index (χ3n) is 4.51. The fourth-order valence-corrected chi connectivity index (χ4v) is 2.75. The summed E-state index contributed by atoms with van der Waals surface area (Å²) in [5, 5.41) is 12.4. The number of ketones is 1. The van der Waals surface area contributed by atoms with Gasteiger partial charge in [-0.15, -0.1) is 0 Å². The Morgan fingerprint density at radius 3 is 2.52 bits per heavy atom. The molecule has 33 heavy (non-hydrogen) atoms. The summed E-state index contributed by atoms with van der Waals surface area (Å²) in [7, 11) is 1.46. The lowest BCUT2D eigenvalue weighted by molar-refractivity contribution is -0.137. The first-order valence-electron chi connectivity index (χ1n) is 10.2. The molecule has 0 saturated carbocycles. The monoisotopic (exact) mass is 469 g/mol. The fourth-order valence-electron chi connectivity index (χ4n) is 2.75. The molecule has 0 bridgehead atoms. The van der Waals surface area contributed by atoms with Gasteiger partial charge in [-0.3, -0.25) is 9.59 Å². The summed E-state index contributed by atoms with van der Waals surface area (Å²) in [6.45, 7) is 1.28. The fraction of sp³-hybridized carbons (Fsp3) is 0.391. The molecule has 7 nitrogen and oxygen atoms in total. The summed E-state index contributed by atoms with van der Waals surface area (Å²) in [6, 6.07) is 9.14. The van der Waals surface area contributed by atoms with Crippen LogP contribution in [0, 0.1) is 0 Å². The van der Waals surface area contributed by atoms with E-state index in [-0.39, 0.29) is 43.6 Å². The third-order valence-corrected chi connectivity index (χ3v) is 4.51. The van der Waals surface area contributed by atoms with Gasteiger partial charge in [-0.25, -0.2) is 0 Å². The molecule has 0 spiro atoms. The number of methoxy groups -OCH3 is 1. The SMILES string of the molecule is COc1cc(C(C)=O)ccc1OCCCC(=O)NCC(O)COc1cccc(C(F)(F)F)c1. The number of carbonyl (C=O) groups excluding carboxylic acids is 2. The highest BCUT2D eigenvalue weighted by molar-refractivity contribution is 5.94. The van der Waals surface area contributed by atoms with E-state index in [0.29, 0.717) is 23.5 Å². The van der Waals surface area contributed by atoms with Gasteiger partial charge in [-0.1, -0.05) is 6.07 Å². The number of carbonyl (C=O) groups is 2. The number of hydrogen-bond donors (Lipinski definition) is 2. The normalized spacial score (nSPS) is 12.1. The molecular formula is C23H26F3NO6. The van der Waals surface area contributed by atoms with Crippen molar-refractivity contribution in [1.29, 1.82) is 0 Å². The molecule has 2 aromatic rings. The molecule has 10 heteroatoms. The lowest BCUT2D eigenvalue weighted by atomic mass is 10.1. The van der Waals surface area contributed by atoms with Gasteiger partial charge in [0, 0.05) is 18.5 Å². The molecule has 180 valence electrons. The lowest BCUT2D eigenvalue weighted by Gasteiger charge is -2.15. The average Bonchev–Trinajstić information content (AvgIpc) is 2.78. The van der Waals surface area contributed by atoms with E-state index < -0.39 is 17.8 Å². The van der Waals surface area contributed by atoms with Crippen LogP contribution in [0.5, 0.6) is 17.2 Å². The number of nitrogens with one attached hydrogen (secondary N) is 1. The second kappa shape index (κ2) is 12.1. The maximum absolute atomic E-state index is 12.7. The highest BCUT2D eigenvalue weighted by Gasteiger charge is 2.30. The number of ether oxygens (including phenoxy) is 3. The number of hydrogen-bond acceptors (Lipinski definition) is 6. The molecule has 1 unspecified atom stereocenters. The van der Waals surface area contributed by atoms with E-state index in [1.54, 1.807) is 18.2 Å². The summed E-state index contributed by atoms with van der Waals surface area (Å²) in [4.78, 5) is 23.3. The van der Waals surface area contributed by atoms with Crippen molar-refractivity contribution in [3.8, 4) is 17.2 Å². The van der Waals surface area contributed by atoms with Crippen LogP contribution in [0.4, 0.5) is 13.2 Å². The van der Waals surface area contributed by atoms with Crippen molar-refractivity contribution in [2.24, 2.45) is 0 Å². The molecule has 0 aliphatic carbocycles. The third kappa shape index (κ3) is 8.64. The molecule has 0 heterocycles. The van der Waals surface area contributed by atoms with E-state index in [0.717, 1.165) is 12.1 Å². The van der Waals surface area contributed by atoms with Crippen molar-refractivity contribution in [3.05, 3.63) is 53.6 Å². The minimum Gasteiger partial charge on any atom is -0.493 e. The van der Waals surface area contributed by atoms with Crippen LogP contribution in [0.25, 0.3) is 0 Å². The van der Waals surface area contributed by atoms with Crippen LogP contribution in [0.3, 0.4) is 0 Å². The number of halogens is 3. The van der Waals surface area contributed by atoms with Gasteiger partial charge in [-0.2, -0.15) is 13.2 Å². The van der Waals surface area contributed by atoms with Crippen molar-refractivity contribution >= 4 is 11.7 Å². The second-order valence-electron chi connectivity index (χ2n) is 7.17. The predicted molar refractivity (Wildman–Crippen MR) is 114 cm³/mol. The number of aliphatic hydroxyl groups is 1. The quantitative estimate of drug-likeness (QED) is 0.364. The van der Waals surface area contributed by atoms with E-state index in [4.69, 9.17) is 14.2 Å². The first-order chi connectivity index (χ1) is 15.6. The highest BCUT2D eigenvalue weighted by Crippen LogP contribution is 2.31. The standard InChI is InChI=1S/C23H26F3NO6/c1-15(28)16-8-9-20(21(11-16)31-2)32-10-4-7-22(30)27-13-18(29)14-33-19-6-3-5-17(12-19)23(24,25)26/h3,5-6,8-9,11-12,18,29H,4,7,10,13-14H2,1-2H3,(H,27,30). The molecule has 2 aromatic carbocycles. The number of benzene rings is 2. The van der Waals surface area contributed by atoms with E-state index >= 15 is 0 Å². The zero-order valence-corrected chi connectivity index (χ0v) is 18.3. The van der Waals surface area contributed by atoms with Gasteiger partial charge in [0.05, 0.1) is 19.3 Å². The van der Waals surface area contributed by atoms with Gasteiger partial charge in [-0.05, 0) is 49.7 Å². The van der Waals surface area contributed by atoms with Crippen LogP contribution >= 0.6 is 0 Å². The summed E-state index contributed by atoms with van der Waals surface area (Å²) < 4.78 is 54.1. The number of amides is 1. The van der Waals surface area contributed by atoms with E-state index in [9.17, 15) is 27.9 Å². The molecule has 2 rings (SSSR count). The Balaban J connectivity index is 1.68. The summed E-state index contributed by atoms with van der Waals surface area (Å²) in [6.07, 6.45) is -5.06. The van der Waals surface area contributed by atoms with Crippen molar-refractivity contribution in [2.45, 2.75) is 32.0 Å². The van der Waals surface area contributed by atoms with E-state index in [1.165, 1.54) is 26.2 Å². The molecule has 0 aliphatic heterocycles. The van der Waals surface area contributed by atoms with E-state index in [1.807, 2.05) is 0 Å². The summed E-state index contributed by atoms with van der Waals surface area (Å²) >= 11 is 0. The Labute approximate surface area is 189 Å². The lowest BCUT2D eigenvalue weighted by Crippen LogP contribution is -2.35. The molecule has 0 saturated heterocycles. The zero-order valence-electron chi connectivity index (χ0n) is 18.3. The maximum atomic E-state index is 12.7. The number of aliphatic hydroxyl groups excluding tert-OH is 1. The van der Waals surface area contributed by atoms with Crippen molar-refractivity contribution in [2.75, 3.05) is 26.9 Å². The molecular weight excluding hydrogens is 443 g/mol. The van der Waals surface area contributed by atoms with Crippen molar-refractivity contribution in [1.82, 2.24) is 5.32 Å². The Morgan fingerprint density at radius 1 is 1.09 bits per heavy atom. The Bertz CT molecular complexity index is 948. The molecule has 1 atom stereocenters. The summed E-state index contributed by atoms with van der Waals surface area (Å²) in [5.74, 6) is 0.412. The smallest absolute Gasteiger partial charge is 0.416 e. The topological polar surface area (TPSA) is 94.1 Å². The molecule has 1 amide bonds. The summed E-state index contributed by atoms with van der Waals surface area (Å²) in [5.41, 5.74) is -0.355. The van der Waals surface area contributed by atoms with Crippen LogP contribution in [-0.2, 0) is 11.0 Å². The van der Waals surface area contributed by atoms with Crippen molar-refractivity contribution in [3.63, 3.8) is 0 Å². The van der Waals surface area contributed by atoms with Gasteiger partial charge in [0.2, 0.25) is 5.91 Å². The number of alkyl halides is 3. The highest BCUT2D eigenvalue weighted by atomic mass is 19.4. The second-order valence-corrected chi connectivity index (χ2v) is 7.17. The van der Waals surface area contributed by atoms with Crippen LogP contribution < -0.4 is 19.5 Å². The number of Topliss-reactive ketones (excluding diaryl/α,β-unsaturated/α-hetero) is 1. The Kier molecular flexibility index (Phi) is 9.53. The first kappa shape index (κ1) is 26.0. The predicted octanol–water partition coefficient (Wildman–Crippen LogP) is 3.63. The van der Waals surface area contributed by atoms with Gasteiger partial charge >= 0.3 is 6.18 Å². The van der Waals surface area contributed by atoms with Gasteiger partial charge in [0.25, 0.3) is 0 Å². The molecule has 0 fully saturated rings. The van der Waals surface area contributed by atoms with E-state index in [2.05, 4.69) is 5.32 Å². The molecule has 0 radical (unpaired) electrons. The van der Waals surface area contributed by atoms with Crippen molar-refractivity contribution < 1.29 is 42.1 Å². The minimum absolute atomic E-state index is 0.0286. The minimum atomic E-state index is -4.49. The van der Waals surface area contributed by atoms with Gasteiger partial charge in [0.1, 0.15) is 18.5 Å².